The predicted octanol–water partition coefficient (Wildman–Crippen LogP) is 1.59. The van der Waals surface area contributed by atoms with Gasteiger partial charge in [0.2, 0.25) is 0 Å². The molecule has 0 aromatic heterocycles. The summed E-state index contributed by atoms with van der Waals surface area (Å²) in [5.74, 6) is 0. The molecule has 0 aromatic carbocycles. The summed E-state index contributed by atoms with van der Waals surface area (Å²) in [7, 11) is 0. The molecule has 0 fully saturated rings. The van der Waals surface area contributed by atoms with Crippen LogP contribution in [0.5, 0.6) is 0 Å². The van der Waals surface area contributed by atoms with Gasteiger partial charge in [0.1, 0.15) is 0 Å². The molecule has 3 heteroatoms. The van der Waals surface area contributed by atoms with Gasteiger partial charge < -0.3 is 14.8 Å². The van der Waals surface area contributed by atoms with Crippen molar-refractivity contribution in [2.45, 2.75) is 26.3 Å². The van der Waals surface area contributed by atoms with E-state index in [2.05, 4.69) is 18.8 Å². The average Bonchev–Trinajstić information content (AvgIpc) is 2.20. The molecule has 0 amide bonds. The lowest BCUT2D eigenvalue weighted by Crippen LogP contribution is -2.33. The van der Waals surface area contributed by atoms with Crippen molar-refractivity contribution >= 4 is 0 Å². The molecule has 14 heavy (non-hydrogen) atoms. The Balaban J connectivity index is 3.06. The van der Waals surface area contributed by atoms with Gasteiger partial charge in [0, 0.05) is 19.2 Å². The molecule has 0 radical (unpaired) electrons. The highest BCUT2D eigenvalue weighted by Gasteiger charge is 1.98. The Bertz CT molecular complexity index is 128. The van der Waals surface area contributed by atoms with Crippen molar-refractivity contribution in [3.8, 4) is 0 Å². The molecule has 0 aliphatic heterocycles. The fourth-order valence-electron chi connectivity index (χ4n) is 1.000. The molecule has 0 aliphatic rings. The first-order valence-electron chi connectivity index (χ1n) is 5.31. The van der Waals surface area contributed by atoms with Crippen molar-refractivity contribution < 1.29 is 9.47 Å². The molecular formula is C11H23NO2. The molecular weight excluding hydrogens is 178 g/mol. The topological polar surface area (TPSA) is 30.5 Å². The minimum atomic E-state index is 0.401. The SMILES string of the molecule is C=CCCOCCNC(C)COCC. The molecule has 0 aromatic rings. The maximum atomic E-state index is 5.35. The summed E-state index contributed by atoms with van der Waals surface area (Å²) in [5, 5.41) is 3.32. The van der Waals surface area contributed by atoms with Gasteiger partial charge in [-0.1, -0.05) is 6.08 Å². The van der Waals surface area contributed by atoms with Gasteiger partial charge >= 0.3 is 0 Å². The van der Waals surface area contributed by atoms with Crippen molar-refractivity contribution in [3.05, 3.63) is 12.7 Å². The smallest absolute Gasteiger partial charge is 0.0616 e. The van der Waals surface area contributed by atoms with Gasteiger partial charge in [-0.05, 0) is 20.3 Å². The second-order valence-corrected chi connectivity index (χ2v) is 3.20. The third kappa shape index (κ3) is 9.71. The highest BCUT2D eigenvalue weighted by atomic mass is 16.5. The fraction of sp³-hybridized carbons (Fsp3) is 0.818. The normalized spacial score (nSPS) is 12.7. The van der Waals surface area contributed by atoms with E-state index in [0.29, 0.717) is 6.04 Å². The summed E-state index contributed by atoms with van der Waals surface area (Å²) in [5.41, 5.74) is 0. The van der Waals surface area contributed by atoms with Gasteiger partial charge in [-0.3, -0.25) is 0 Å². The Morgan fingerprint density at radius 1 is 1.36 bits per heavy atom. The van der Waals surface area contributed by atoms with Gasteiger partial charge in [0.15, 0.2) is 0 Å². The van der Waals surface area contributed by atoms with Crippen molar-refractivity contribution in [3.63, 3.8) is 0 Å². The quantitative estimate of drug-likeness (QED) is 0.430. The lowest BCUT2D eigenvalue weighted by Gasteiger charge is -2.13. The van der Waals surface area contributed by atoms with Crippen LogP contribution in [0.4, 0.5) is 0 Å². The highest BCUT2D eigenvalue weighted by molar-refractivity contribution is 4.64. The summed E-state index contributed by atoms with van der Waals surface area (Å²) < 4.78 is 10.6. The third-order valence-electron chi connectivity index (χ3n) is 1.78. The van der Waals surface area contributed by atoms with E-state index < -0.39 is 0 Å². The summed E-state index contributed by atoms with van der Waals surface area (Å²) >= 11 is 0. The molecule has 0 heterocycles. The lowest BCUT2D eigenvalue weighted by atomic mass is 10.3. The lowest BCUT2D eigenvalue weighted by molar-refractivity contribution is 0.113. The van der Waals surface area contributed by atoms with Crippen LogP contribution in [0.15, 0.2) is 12.7 Å². The van der Waals surface area contributed by atoms with Crippen LogP contribution in [0.25, 0.3) is 0 Å². The number of hydrogen-bond acceptors (Lipinski definition) is 3. The summed E-state index contributed by atoms with van der Waals surface area (Å²) in [6.45, 7) is 11.7. The summed E-state index contributed by atoms with van der Waals surface area (Å²) in [4.78, 5) is 0. The zero-order chi connectivity index (χ0) is 10.6. The monoisotopic (exact) mass is 201 g/mol. The van der Waals surface area contributed by atoms with Crippen LogP contribution in [0.2, 0.25) is 0 Å². The Morgan fingerprint density at radius 3 is 2.79 bits per heavy atom. The van der Waals surface area contributed by atoms with Crippen LogP contribution in [0.1, 0.15) is 20.3 Å². The Morgan fingerprint density at radius 2 is 2.14 bits per heavy atom. The molecule has 3 nitrogen and oxygen atoms in total. The standard InChI is InChI=1S/C11H23NO2/c1-4-6-8-14-9-7-12-11(3)10-13-5-2/h4,11-12H,1,5-10H2,2-3H3. The second-order valence-electron chi connectivity index (χ2n) is 3.20. The van der Waals surface area contributed by atoms with Crippen molar-refractivity contribution in [2.75, 3.05) is 33.0 Å². The minimum absolute atomic E-state index is 0.401. The molecule has 0 spiro atoms. The fourth-order valence-corrected chi connectivity index (χ4v) is 1.000. The van der Waals surface area contributed by atoms with Crippen LogP contribution in [0.3, 0.4) is 0 Å². The highest BCUT2D eigenvalue weighted by Crippen LogP contribution is 1.85. The molecule has 0 bridgehead atoms. The molecule has 84 valence electrons. The Labute approximate surface area is 87.5 Å². The Hall–Kier alpha value is -0.380. The average molecular weight is 201 g/mol. The van der Waals surface area contributed by atoms with E-state index in [1.807, 2.05) is 13.0 Å². The van der Waals surface area contributed by atoms with E-state index in [-0.39, 0.29) is 0 Å². The second kappa shape index (κ2) is 10.7. The van der Waals surface area contributed by atoms with Gasteiger partial charge in [-0.25, -0.2) is 0 Å². The number of rotatable bonds is 10. The van der Waals surface area contributed by atoms with Crippen molar-refractivity contribution in [2.24, 2.45) is 0 Å². The summed E-state index contributed by atoms with van der Waals surface area (Å²) in [6.07, 6.45) is 2.79. The van der Waals surface area contributed by atoms with Gasteiger partial charge in [0.05, 0.1) is 19.8 Å². The molecule has 1 unspecified atom stereocenters. The molecule has 0 rings (SSSR count). The van der Waals surface area contributed by atoms with Crippen molar-refractivity contribution in [1.82, 2.24) is 5.32 Å². The van der Waals surface area contributed by atoms with Crippen molar-refractivity contribution in [1.29, 1.82) is 0 Å². The van der Waals surface area contributed by atoms with E-state index in [1.165, 1.54) is 0 Å². The maximum absolute atomic E-state index is 5.35. The van der Waals surface area contributed by atoms with Crippen LogP contribution in [-0.4, -0.2) is 39.0 Å². The molecule has 0 saturated carbocycles. The minimum Gasteiger partial charge on any atom is -0.380 e. The third-order valence-corrected chi connectivity index (χ3v) is 1.78. The number of ether oxygens (including phenoxy) is 2. The largest absolute Gasteiger partial charge is 0.380 e. The van der Waals surface area contributed by atoms with E-state index in [0.717, 1.165) is 39.4 Å². The van der Waals surface area contributed by atoms with Crippen LogP contribution in [0, 0.1) is 0 Å². The molecule has 1 atom stereocenters. The van der Waals surface area contributed by atoms with E-state index in [1.54, 1.807) is 0 Å². The van der Waals surface area contributed by atoms with Crippen LogP contribution in [-0.2, 0) is 9.47 Å². The maximum Gasteiger partial charge on any atom is 0.0616 e. The zero-order valence-corrected chi connectivity index (χ0v) is 9.42. The molecule has 0 saturated heterocycles. The Kier molecular flexibility index (Phi) is 10.4. The summed E-state index contributed by atoms with van der Waals surface area (Å²) in [6, 6.07) is 0.401. The van der Waals surface area contributed by atoms with E-state index in [9.17, 15) is 0 Å². The van der Waals surface area contributed by atoms with Gasteiger partial charge in [0.25, 0.3) is 0 Å². The van der Waals surface area contributed by atoms with Crippen LogP contribution >= 0.6 is 0 Å². The van der Waals surface area contributed by atoms with Crippen LogP contribution < -0.4 is 5.32 Å². The van der Waals surface area contributed by atoms with E-state index >= 15 is 0 Å². The van der Waals surface area contributed by atoms with Gasteiger partial charge in [-0.2, -0.15) is 0 Å². The first kappa shape index (κ1) is 13.6. The zero-order valence-electron chi connectivity index (χ0n) is 9.42. The first-order valence-corrected chi connectivity index (χ1v) is 5.31. The first-order chi connectivity index (χ1) is 6.81. The predicted molar refractivity (Wildman–Crippen MR) is 59.6 cm³/mol. The van der Waals surface area contributed by atoms with E-state index in [4.69, 9.17) is 9.47 Å². The molecule has 0 aliphatic carbocycles. The number of hydrogen-bond donors (Lipinski definition) is 1. The van der Waals surface area contributed by atoms with Gasteiger partial charge in [-0.15, -0.1) is 6.58 Å². The number of nitrogens with one attached hydrogen (secondary N) is 1. The molecule has 1 N–H and O–H groups in total.